The van der Waals surface area contributed by atoms with Crippen LogP contribution in [0.25, 0.3) is 0 Å². The van der Waals surface area contributed by atoms with E-state index in [1.165, 1.54) is 19.2 Å². The minimum absolute atomic E-state index is 0.0111. The molecule has 0 aliphatic rings. The standard InChI is InChI=1S/C15H12Cl2N2O3/c1-8-9(15(21)22-2)4-3-5-11(8)18-14(20)13-10(16)6-7-12(17)19-13/h3-7H,1-2H3,(H,18,20). The summed E-state index contributed by atoms with van der Waals surface area (Å²) >= 11 is 11.7. The lowest BCUT2D eigenvalue weighted by molar-refractivity contribution is 0.0599. The molecule has 0 aliphatic carbocycles. The van der Waals surface area contributed by atoms with Crippen molar-refractivity contribution in [3.05, 3.63) is 57.3 Å². The Balaban J connectivity index is 2.33. The first-order valence-electron chi connectivity index (χ1n) is 6.25. The molecule has 5 nitrogen and oxygen atoms in total. The Morgan fingerprint density at radius 3 is 2.59 bits per heavy atom. The van der Waals surface area contributed by atoms with Crippen LogP contribution in [-0.2, 0) is 4.74 Å². The number of anilines is 1. The maximum atomic E-state index is 12.3. The van der Waals surface area contributed by atoms with Gasteiger partial charge in [0.05, 0.1) is 17.7 Å². The Bertz CT molecular complexity index is 748. The van der Waals surface area contributed by atoms with Crippen molar-refractivity contribution >= 4 is 40.8 Å². The molecule has 2 rings (SSSR count). The molecule has 0 aliphatic heterocycles. The van der Waals surface area contributed by atoms with Crippen molar-refractivity contribution in [2.45, 2.75) is 6.92 Å². The number of carbonyl (C=O) groups excluding carboxylic acids is 2. The number of halogens is 2. The number of methoxy groups -OCH3 is 1. The molecule has 22 heavy (non-hydrogen) atoms. The minimum Gasteiger partial charge on any atom is -0.465 e. The number of benzene rings is 1. The maximum absolute atomic E-state index is 12.3. The number of hydrogen-bond acceptors (Lipinski definition) is 4. The van der Waals surface area contributed by atoms with Crippen LogP contribution in [0.5, 0.6) is 0 Å². The number of rotatable bonds is 3. The number of pyridine rings is 1. The van der Waals surface area contributed by atoms with Gasteiger partial charge in [-0.1, -0.05) is 29.3 Å². The number of nitrogens with zero attached hydrogens (tertiary/aromatic N) is 1. The number of nitrogens with one attached hydrogen (secondary N) is 1. The van der Waals surface area contributed by atoms with Crippen LogP contribution >= 0.6 is 23.2 Å². The molecule has 114 valence electrons. The number of hydrogen-bond donors (Lipinski definition) is 1. The molecule has 0 spiro atoms. The predicted molar refractivity (Wildman–Crippen MR) is 84.7 cm³/mol. The van der Waals surface area contributed by atoms with Gasteiger partial charge in [-0.15, -0.1) is 0 Å². The Hall–Kier alpha value is -2.11. The summed E-state index contributed by atoms with van der Waals surface area (Å²) in [4.78, 5) is 27.8. The molecular formula is C15H12Cl2N2O3. The second-order valence-corrected chi connectivity index (χ2v) is 5.18. The average Bonchev–Trinajstić information content (AvgIpc) is 2.51. The van der Waals surface area contributed by atoms with Gasteiger partial charge in [0.15, 0.2) is 0 Å². The number of amides is 1. The third-order valence-corrected chi connectivity index (χ3v) is 3.53. The molecule has 1 aromatic carbocycles. The number of carbonyl (C=O) groups is 2. The highest BCUT2D eigenvalue weighted by Gasteiger charge is 2.17. The van der Waals surface area contributed by atoms with E-state index < -0.39 is 11.9 Å². The van der Waals surface area contributed by atoms with E-state index in [9.17, 15) is 9.59 Å². The van der Waals surface area contributed by atoms with E-state index in [4.69, 9.17) is 27.9 Å². The largest absolute Gasteiger partial charge is 0.465 e. The lowest BCUT2D eigenvalue weighted by atomic mass is 10.1. The summed E-state index contributed by atoms with van der Waals surface area (Å²) in [5, 5.41) is 3.01. The van der Waals surface area contributed by atoms with Gasteiger partial charge in [-0.3, -0.25) is 4.79 Å². The molecule has 1 heterocycles. The Kier molecular flexibility index (Phi) is 5.00. The van der Waals surface area contributed by atoms with Crippen molar-refractivity contribution in [3.63, 3.8) is 0 Å². The second-order valence-electron chi connectivity index (χ2n) is 4.39. The zero-order valence-corrected chi connectivity index (χ0v) is 13.3. The van der Waals surface area contributed by atoms with Crippen LogP contribution in [-0.4, -0.2) is 24.0 Å². The van der Waals surface area contributed by atoms with Crippen LogP contribution in [0, 0.1) is 6.92 Å². The van der Waals surface area contributed by atoms with Gasteiger partial charge in [0.25, 0.3) is 5.91 Å². The van der Waals surface area contributed by atoms with E-state index in [0.29, 0.717) is 16.8 Å². The number of aromatic nitrogens is 1. The molecule has 1 aromatic heterocycles. The molecule has 0 unspecified atom stereocenters. The molecule has 0 bridgehead atoms. The predicted octanol–water partition coefficient (Wildman–Crippen LogP) is 3.74. The van der Waals surface area contributed by atoms with Crippen molar-refractivity contribution in [3.8, 4) is 0 Å². The van der Waals surface area contributed by atoms with E-state index >= 15 is 0 Å². The number of esters is 1. The highest BCUT2D eigenvalue weighted by atomic mass is 35.5. The van der Waals surface area contributed by atoms with Gasteiger partial charge in [-0.05, 0) is 36.8 Å². The molecule has 0 saturated heterocycles. The van der Waals surface area contributed by atoms with Crippen LogP contribution in [0.4, 0.5) is 5.69 Å². The van der Waals surface area contributed by atoms with Crippen molar-refractivity contribution in [1.82, 2.24) is 4.98 Å². The monoisotopic (exact) mass is 338 g/mol. The summed E-state index contributed by atoms with van der Waals surface area (Å²) in [6, 6.07) is 7.90. The van der Waals surface area contributed by atoms with Crippen molar-refractivity contribution in [2.24, 2.45) is 0 Å². The molecular weight excluding hydrogens is 327 g/mol. The zero-order chi connectivity index (χ0) is 16.3. The van der Waals surface area contributed by atoms with Gasteiger partial charge < -0.3 is 10.1 Å². The van der Waals surface area contributed by atoms with E-state index in [1.807, 2.05) is 0 Å². The summed E-state index contributed by atoms with van der Waals surface area (Å²) in [6.45, 7) is 1.70. The van der Waals surface area contributed by atoms with E-state index in [2.05, 4.69) is 10.3 Å². The van der Waals surface area contributed by atoms with Crippen LogP contribution in [0.3, 0.4) is 0 Å². The van der Waals surface area contributed by atoms with E-state index in [1.54, 1.807) is 25.1 Å². The number of ether oxygens (including phenoxy) is 1. The summed E-state index contributed by atoms with van der Waals surface area (Å²) < 4.78 is 4.69. The lowest BCUT2D eigenvalue weighted by Crippen LogP contribution is -2.16. The van der Waals surface area contributed by atoms with Crippen molar-refractivity contribution in [2.75, 3.05) is 12.4 Å². The van der Waals surface area contributed by atoms with Gasteiger partial charge in [-0.2, -0.15) is 0 Å². The van der Waals surface area contributed by atoms with Gasteiger partial charge >= 0.3 is 5.97 Å². The first-order valence-corrected chi connectivity index (χ1v) is 7.01. The Morgan fingerprint density at radius 2 is 1.91 bits per heavy atom. The third kappa shape index (κ3) is 3.37. The topological polar surface area (TPSA) is 68.3 Å². The van der Waals surface area contributed by atoms with Crippen LogP contribution < -0.4 is 5.32 Å². The second kappa shape index (κ2) is 6.77. The van der Waals surface area contributed by atoms with Gasteiger partial charge in [-0.25, -0.2) is 9.78 Å². The molecule has 0 atom stereocenters. The zero-order valence-electron chi connectivity index (χ0n) is 11.8. The first kappa shape index (κ1) is 16.3. The van der Waals surface area contributed by atoms with E-state index in [0.717, 1.165) is 0 Å². The normalized spacial score (nSPS) is 10.2. The highest BCUT2D eigenvalue weighted by molar-refractivity contribution is 6.35. The fraction of sp³-hybridized carbons (Fsp3) is 0.133. The Labute approximate surface area is 137 Å². The molecule has 0 fully saturated rings. The summed E-state index contributed by atoms with van der Waals surface area (Å²) in [5.41, 5.74) is 1.43. The molecule has 1 amide bonds. The highest BCUT2D eigenvalue weighted by Crippen LogP contribution is 2.22. The molecule has 1 N–H and O–H groups in total. The molecule has 0 radical (unpaired) electrons. The SMILES string of the molecule is COC(=O)c1cccc(NC(=O)c2nc(Cl)ccc2Cl)c1C. The van der Waals surface area contributed by atoms with Gasteiger partial charge in [0, 0.05) is 5.69 Å². The lowest BCUT2D eigenvalue weighted by Gasteiger charge is -2.11. The van der Waals surface area contributed by atoms with Crippen molar-refractivity contribution < 1.29 is 14.3 Å². The molecule has 0 saturated carbocycles. The fourth-order valence-electron chi connectivity index (χ4n) is 1.86. The van der Waals surface area contributed by atoms with Crippen molar-refractivity contribution in [1.29, 1.82) is 0 Å². The minimum atomic E-state index is -0.516. The van der Waals surface area contributed by atoms with Gasteiger partial charge in [0.2, 0.25) is 0 Å². The van der Waals surface area contributed by atoms with Crippen LogP contribution in [0.15, 0.2) is 30.3 Å². The van der Waals surface area contributed by atoms with Crippen LogP contribution in [0.1, 0.15) is 26.4 Å². The van der Waals surface area contributed by atoms with Crippen LogP contribution in [0.2, 0.25) is 10.2 Å². The molecule has 2 aromatic rings. The van der Waals surface area contributed by atoms with E-state index in [-0.39, 0.29) is 15.9 Å². The Morgan fingerprint density at radius 1 is 1.18 bits per heavy atom. The third-order valence-electron chi connectivity index (χ3n) is 3.01. The summed E-state index contributed by atoms with van der Waals surface area (Å²) in [6.07, 6.45) is 0. The summed E-state index contributed by atoms with van der Waals surface area (Å²) in [7, 11) is 1.29. The average molecular weight is 339 g/mol. The first-order chi connectivity index (χ1) is 10.4. The smallest absolute Gasteiger partial charge is 0.338 e. The van der Waals surface area contributed by atoms with Gasteiger partial charge in [0.1, 0.15) is 10.8 Å². The molecule has 7 heteroatoms. The maximum Gasteiger partial charge on any atom is 0.338 e. The quantitative estimate of drug-likeness (QED) is 0.683. The fourth-order valence-corrected chi connectivity index (χ4v) is 2.20. The summed E-state index contributed by atoms with van der Waals surface area (Å²) in [5.74, 6) is -0.995.